The lowest BCUT2D eigenvalue weighted by molar-refractivity contribution is 0.202. The molecule has 1 saturated carbocycles. The van der Waals surface area contributed by atoms with Crippen molar-refractivity contribution in [2.75, 3.05) is 13.1 Å². The third-order valence-electron chi connectivity index (χ3n) is 5.65. The molecule has 1 aliphatic rings. The van der Waals surface area contributed by atoms with Crippen LogP contribution >= 0.6 is 0 Å². The number of benzene rings is 2. The predicted molar refractivity (Wildman–Crippen MR) is 110 cm³/mol. The summed E-state index contributed by atoms with van der Waals surface area (Å²) in [5.41, 5.74) is 3.30. The molecule has 0 unspecified atom stereocenters. The SMILES string of the molecule is CCN(Cc1ccc(Oc2ccc3nc[nH]c3c2)cc1)CC1CCCCC1. The highest BCUT2D eigenvalue weighted by molar-refractivity contribution is 5.76. The molecule has 4 rings (SSSR count). The summed E-state index contributed by atoms with van der Waals surface area (Å²) in [7, 11) is 0. The van der Waals surface area contributed by atoms with E-state index in [1.54, 1.807) is 6.33 Å². The third-order valence-corrected chi connectivity index (χ3v) is 5.65. The average Bonchev–Trinajstić information content (AvgIpc) is 3.17. The Morgan fingerprint density at radius 1 is 1.04 bits per heavy atom. The lowest BCUT2D eigenvalue weighted by Gasteiger charge is -2.29. The van der Waals surface area contributed by atoms with Gasteiger partial charge >= 0.3 is 0 Å². The van der Waals surface area contributed by atoms with Crippen LogP contribution < -0.4 is 4.74 Å². The van der Waals surface area contributed by atoms with Crippen LogP contribution in [0.4, 0.5) is 0 Å². The lowest BCUT2D eigenvalue weighted by Crippen LogP contribution is -2.30. The number of fused-ring (bicyclic) bond motifs is 1. The summed E-state index contributed by atoms with van der Waals surface area (Å²) < 4.78 is 6.00. The highest BCUT2D eigenvalue weighted by Crippen LogP contribution is 2.26. The minimum Gasteiger partial charge on any atom is -0.457 e. The summed E-state index contributed by atoms with van der Waals surface area (Å²) in [5.74, 6) is 2.58. The van der Waals surface area contributed by atoms with E-state index in [9.17, 15) is 0 Å². The van der Waals surface area contributed by atoms with Gasteiger partial charge in [0.2, 0.25) is 0 Å². The minimum absolute atomic E-state index is 0.826. The number of aromatic nitrogens is 2. The van der Waals surface area contributed by atoms with E-state index in [-0.39, 0.29) is 0 Å². The number of hydrogen-bond donors (Lipinski definition) is 1. The van der Waals surface area contributed by atoms with E-state index in [1.165, 1.54) is 44.2 Å². The molecular formula is C23H29N3O. The molecular weight excluding hydrogens is 334 g/mol. The molecule has 142 valence electrons. The number of rotatable bonds is 7. The normalized spacial score (nSPS) is 15.5. The second-order valence-electron chi connectivity index (χ2n) is 7.66. The Hall–Kier alpha value is -2.33. The number of imidazole rings is 1. The molecule has 0 spiro atoms. The van der Waals surface area contributed by atoms with Gasteiger partial charge in [0.15, 0.2) is 0 Å². The fraction of sp³-hybridized carbons (Fsp3) is 0.435. The zero-order valence-corrected chi connectivity index (χ0v) is 16.2. The number of nitrogens with one attached hydrogen (secondary N) is 1. The maximum atomic E-state index is 6.00. The van der Waals surface area contributed by atoms with Crippen LogP contribution in [0.15, 0.2) is 48.8 Å². The highest BCUT2D eigenvalue weighted by atomic mass is 16.5. The van der Waals surface area contributed by atoms with E-state index in [0.29, 0.717) is 0 Å². The maximum Gasteiger partial charge on any atom is 0.129 e. The molecule has 0 atom stereocenters. The van der Waals surface area contributed by atoms with Crippen LogP contribution in [0.5, 0.6) is 11.5 Å². The second kappa shape index (κ2) is 8.57. The minimum atomic E-state index is 0.826. The van der Waals surface area contributed by atoms with Gasteiger partial charge in [0.1, 0.15) is 11.5 Å². The number of hydrogen-bond acceptors (Lipinski definition) is 3. The Kier molecular flexibility index (Phi) is 5.73. The molecule has 0 radical (unpaired) electrons. The summed E-state index contributed by atoms with van der Waals surface area (Å²) in [4.78, 5) is 9.94. The molecule has 0 saturated heterocycles. The first kappa shape index (κ1) is 18.1. The zero-order chi connectivity index (χ0) is 18.5. The van der Waals surface area contributed by atoms with E-state index < -0.39 is 0 Å². The van der Waals surface area contributed by atoms with E-state index in [1.807, 2.05) is 18.2 Å². The van der Waals surface area contributed by atoms with Crippen LogP contribution in [0.1, 0.15) is 44.6 Å². The first-order valence-electron chi connectivity index (χ1n) is 10.2. The molecule has 4 nitrogen and oxygen atoms in total. The molecule has 1 heterocycles. The van der Waals surface area contributed by atoms with Crippen molar-refractivity contribution in [3.05, 3.63) is 54.4 Å². The highest BCUT2D eigenvalue weighted by Gasteiger charge is 2.16. The first-order valence-corrected chi connectivity index (χ1v) is 10.2. The van der Waals surface area contributed by atoms with Gasteiger partial charge in [-0.2, -0.15) is 0 Å². The molecule has 0 bridgehead atoms. The Morgan fingerprint density at radius 2 is 1.81 bits per heavy atom. The molecule has 1 fully saturated rings. The van der Waals surface area contributed by atoms with Gasteiger partial charge in [-0.05, 0) is 55.1 Å². The van der Waals surface area contributed by atoms with Crippen molar-refractivity contribution in [1.82, 2.24) is 14.9 Å². The lowest BCUT2D eigenvalue weighted by atomic mass is 9.89. The molecule has 0 amide bonds. The monoisotopic (exact) mass is 363 g/mol. The molecule has 3 aromatic rings. The summed E-state index contributed by atoms with van der Waals surface area (Å²) in [6, 6.07) is 14.4. The van der Waals surface area contributed by atoms with Gasteiger partial charge < -0.3 is 9.72 Å². The molecule has 4 heteroatoms. The van der Waals surface area contributed by atoms with Crippen molar-refractivity contribution in [1.29, 1.82) is 0 Å². The van der Waals surface area contributed by atoms with Crippen LogP contribution in [-0.2, 0) is 6.54 Å². The van der Waals surface area contributed by atoms with Crippen molar-refractivity contribution in [3.8, 4) is 11.5 Å². The van der Waals surface area contributed by atoms with E-state index in [2.05, 4.69) is 46.1 Å². The molecule has 1 aliphatic carbocycles. The molecule has 2 aromatic carbocycles. The maximum absolute atomic E-state index is 6.00. The van der Waals surface area contributed by atoms with Crippen molar-refractivity contribution >= 4 is 11.0 Å². The van der Waals surface area contributed by atoms with Crippen LogP contribution in [0, 0.1) is 5.92 Å². The number of nitrogens with zero attached hydrogens (tertiary/aromatic N) is 2. The summed E-state index contributed by atoms with van der Waals surface area (Å²) in [6.07, 6.45) is 8.78. The molecule has 0 aliphatic heterocycles. The van der Waals surface area contributed by atoms with Crippen molar-refractivity contribution < 1.29 is 4.74 Å². The van der Waals surface area contributed by atoms with Gasteiger partial charge in [-0.15, -0.1) is 0 Å². The fourth-order valence-corrected chi connectivity index (χ4v) is 4.08. The van der Waals surface area contributed by atoms with Crippen LogP contribution in [0.25, 0.3) is 11.0 Å². The number of aromatic amines is 1. The van der Waals surface area contributed by atoms with E-state index in [0.717, 1.165) is 41.5 Å². The summed E-state index contributed by atoms with van der Waals surface area (Å²) >= 11 is 0. The quantitative estimate of drug-likeness (QED) is 0.580. The first-order chi connectivity index (χ1) is 13.3. The largest absolute Gasteiger partial charge is 0.457 e. The van der Waals surface area contributed by atoms with Gasteiger partial charge in [-0.3, -0.25) is 4.90 Å². The van der Waals surface area contributed by atoms with Crippen molar-refractivity contribution in [3.63, 3.8) is 0 Å². The summed E-state index contributed by atoms with van der Waals surface area (Å²) in [6.45, 7) is 5.64. The second-order valence-corrected chi connectivity index (χ2v) is 7.66. The smallest absolute Gasteiger partial charge is 0.129 e. The third kappa shape index (κ3) is 4.69. The van der Waals surface area contributed by atoms with Crippen LogP contribution in [0.2, 0.25) is 0 Å². The number of H-pyrrole nitrogens is 1. The Morgan fingerprint density at radius 3 is 2.59 bits per heavy atom. The van der Waals surface area contributed by atoms with Crippen LogP contribution in [-0.4, -0.2) is 28.0 Å². The van der Waals surface area contributed by atoms with Gasteiger partial charge in [-0.1, -0.05) is 38.3 Å². The van der Waals surface area contributed by atoms with Gasteiger partial charge in [0, 0.05) is 19.2 Å². The Labute approximate surface area is 161 Å². The molecule has 1 N–H and O–H groups in total. The number of ether oxygens (including phenoxy) is 1. The van der Waals surface area contributed by atoms with E-state index >= 15 is 0 Å². The zero-order valence-electron chi connectivity index (χ0n) is 16.2. The predicted octanol–water partition coefficient (Wildman–Crippen LogP) is 5.76. The molecule has 1 aromatic heterocycles. The van der Waals surface area contributed by atoms with Gasteiger partial charge in [0.25, 0.3) is 0 Å². The van der Waals surface area contributed by atoms with Crippen LogP contribution in [0.3, 0.4) is 0 Å². The van der Waals surface area contributed by atoms with Gasteiger partial charge in [0.05, 0.1) is 17.4 Å². The Bertz CT molecular complexity index is 849. The standard InChI is InChI=1S/C23H29N3O/c1-2-26(15-18-6-4-3-5-7-18)16-19-8-10-20(11-9-19)27-21-12-13-22-23(14-21)25-17-24-22/h8-14,17-18H,2-7,15-16H2,1H3,(H,24,25). The van der Waals surface area contributed by atoms with Crippen molar-refractivity contribution in [2.24, 2.45) is 5.92 Å². The Balaban J connectivity index is 1.35. The fourth-order valence-electron chi connectivity index (χ4n) is 4.08. The summed E-state index contributed by atoms with van der Waals surface area (Å²) in [5, 5.41) is 0. The molecule has 27 heavy (non-hydrogen) atoms. The average molecular weight is 364 g/mol. The topological polar surface area (TPSA) is 41.1 Å². The van der Waals surface area contributed by atoms with Crippen molar-refractivity contribution in [2.45, 2.75) is 45.6 Å². The van der Waals surface area contributed by atoms with E-state index in [4.69, 9.17) is 4.74 Å². The van der Waals surface area contributed by atoms with Gasteiger partial charge in [-0.25, -0.2) is 4.98 Å².